The van der Waals surface area contributed by atoms with Gasteiger partial charge in [-0.1, -0.05) is 109 Å². The van der Waals surface area contributed by atoms with Crippen LogP contribution in [0.4, 0.5) is 4.79 Å². The van der Waals surface area contributed by atoms with E-state index in [0.717, 1.165) is 38.9 Å². The van der Waals surface area contributed by atoms with E-state index < -0.39 is 12.4 Å². The van der Waals surface area contributed by atoms with Crippen molar-refractivity contribution in [2.75, 3.05) is 20.1 Å². The van der Waals surface area contributed by atoms with Crippen molar-refractivity contribution >= 4 is 6.03 Å². The average Bonchev–Trinajstić information content (AvgIpc) is 3.16. The minimum absolute atomic E-state index is 0.0255. The molecule has 6 rings (SSSR count). The summed E-state index contributed by atoms with van der Waals surface area (Å²) in [5.74, 6) is 0.120. The number of amides is 2. The Morgan fingerprint density at radius 3 is 2.18 bits per heavy atom. The quantitative estimate of drug-likeness (QED) is 0.0927. The van der Waals surface area contributed by atoms with Crippen molar-refractivity contribution in [1.29, 1.82) is 0 Å². The summed E-state index contributed by atoms with van der Waals surface area (Å²) in [6, 6.07) is 40.3. The van der Waals surface area contributed by atoms with E-state index >= 15 is 0 Å². The lowest BCUT2D eigenvalue weighted by molar-refractivity contribution is -0.252. The lowest BCUT2D eigenvalue weighted by Gasteiger charge is -2.38. The maximum Gasteiger partial charge on any atom is 0.315 e. The molecule has 51 heavy (non-hydrogen) atoms. The molecule has 0 saturated carbocycles. The van der Waals surface area contributed by atoms with Crippen molar-refractivity contribution in [3.8, 4) is 16.9 Å². The highest BCUT2D eigenvalue weighted by Gasteiger charge is 2.33. The van der Waals surface area contributed by atoms with Crippen LogP contribution >= 0.6 is 0 Å². The average molecular weight is 688 g/mol. The number of phenolic OH excluding ortho intramolecular Hbond substituents is 1. The number of ether oxygens (including phenoxy) is 2. The number of urea groups is 1. The zero-order valence-electron chi connectivity index (χ0n) is 28.7. The first-order valence-electron chi connectivity index (χ1n) is 17.2. The van der Waals surface area contributed by atoms with Gasteiger partial charge in [-0.05, 0) is 64.2 Å². The summed E-state index contributed by atoms with van der Waals surface area (Å²) in [4.78, 5) is 14.4. The number of likely N-dealkylation sites (N-methyl/N-ethyl adjacent to an activating group) is 1. The maximum absolute atomic E-state index is 12.4. The molecule has 5 N–H and O–H groups in total. The van der Waals surface area contributed by atoms with E-state index in [4.69, 9.17) is 9.47 Å². The van der Waals surface area contributed by atoms with Crippen LogP contribution in [0.1, 0.15) is 58.3 Å². The van der Waals surface area contributed by atoms with Crippen LogP contribution in [-0.4, -0.2) is 52.5 Å². The predicted octanol–water partition coefficient (Wildman–Crippen LogP) is 6.76. The third-order valence-corrected chi connectivity index (χ3v) is 9.06. The van der Waals surface area contributed by atoms with E-state index in [1.54, 1.807) is 24.3 Å². The lowest BCUT2D eigenvalue weighted by atomic mass is 9.99. The summed E-state index contributed by atoms with van der Waals surface area (Å²) in [6.45, 7) is 1.77. The maximum atomic E-state index is 12.4. The number of rotatable bonds is 13. The van der Waals surface area contributed by atoms with Crippen LogP contribution in [0.3, 0.4) is 0 Å². The zero-order chi connectivity index (χ0) is 35.6. The standard InChI is InChI=1S/C42H45N3O6/c1-45(27-39(48)36-11-6-12-37(47)22-36)26-38-23-40(33-15-13-30(28-46)14-16-33)51-41(50-38)34-19-17-32(18-20-34)35-10-5-9-31(21-35)25-44-42(49)43-24-29-7-3-2-4-8-29/h2-22,38-41,46-48H,23-28H2,1H3,(H2,43,44,49)/t38-,39+,40+,41+/m0/s1. The van der Waals surface area contributed by atoms with E-state index in [9.17, 15) is 20.1 Å². The van der Waals surface area contributed by atoms with Crippen molar-refractivity contribution < 1.29 is 29.6 Å². The summed E-state index contributed by atoms with van der Waals surface area (Å²) in [5.41, 5.74) is 7.46. The number of aliphatic hydroxyl groups excluding tert-OH is 2. The molecule has 1 saturated heterocycles. The molecule has 1 aliphatic rings. The van der Waals surface area contributed by atoms with E-state index in [1.807, 2.05) is 109 Å². The molecule has 4 atom stereocenters. The van der Waals surface area contributed by atoms with Crippen LogP contribution in [0.25, 0.3) is 11.1 Å². The van der Waals surface area contributed by atoms with Crippen molar-refractivity contribution in [1.82, 2.24) is 15.5 Å². The predicted molar refractivity (Wildman–Crippen MR) is 196 cm³/mol. The summed E-state index contributed by atoms with van der Waals surface area (Å²) in [7, 11) is 1.94. The van der Waals surface area contributed by atoms with E-state index in [-0.39, 0.29) is 30.6 Å². The Morgan fingerprint density at radius 1 is 0.765 bits per heavy atom. The number of hydrogen-bond donors (Lipinski definition) is 5. The Balaban J connectivity index is 1.11. The number of nitrogens with zero attached hydrogens (tertiary/aromatic N) is 1. The first kappa shape index (κ1) is 35.8. The second-order valence-corrected chi connectivity index (χ2v) is 13.0. The fourth-order valence-electron chi connectivity index (χ4n) is 6.30. The monoisotopic (exact) mass is 687 g/mol. The van der Waals surface area contributed by atoms with Crippen LogP contribution in [0, 0.1) is 0 Å². The molecule has 5 aromatic carbocycles. The first-order valence-corrected chi connectivity index (χ1v) is 17.2. The number of aromatic hydroxyl groups is 1. The minimum Gasteiger partial charge on any atom is -0.508 e. The van der Waals surface area contributed by atoms with Gasteiger partial charge in [0.2, 0.25) is 0 Å². The van der Waals surface area contributed by atoms with Crippen LogP contribution in [0.2, 0.25) is 0 Å². The highest BCUT2D eigenvalue weighted by atomic mass is 16.7. The van der Waals surface area contributed by atoms with Crippen LogP contribution in [0.15, 0.2) is 127 Å². The van der Waals surface area contributed by atoms with Gasteiger partial charge in [0, 0.05) is 38.2 Å². The number of carbonyl (C=O) groups is 1. The summed E-state index contributed by atoms with van der Waals surface area (Å²) in [5, 5.41) is 36.1. The molecule has 9 nitrogen and oxygen atoms in total. The molecule has 0 spiro atoms. The van der Waals surface area contributed by atoms with Gasteiger partial charge in [0.05, 0.1) is 24.9 Å². The zero-order valence-corrected chi connectivity index (χ0v) is 28.7. The molecular weight excluding hydrogens is 642 g/mol. The number of nitrogens with one attached hydrogen (secondary N) is 2. The Kier molecular flexibility index (Phi) is 12.1. The van der Waals surface area contributed by atoms with Crippen LogP contribution < -0.4 is 10.6 Å². The third kappa shape index (κ3) is 10.0. The summed E-state index contributed by atoms with van der Waals surface area (Å²) >= 11 is 0. The van der Waals surface area contributed by atoms with Gasteiger partial charge in [-0.25, -0.2) is 4.79 Å². The summed E-state index contributed by atoms with van der Waals surface area (Å²) in [6.07, 6.45) is -1.20. The second-order valence-electron chi connectivity index (χ2n) is 13.0. The van der Waals surface area contributed by atoms with Crippen molar-refractivity contribution in [3.05, 3.63) is 161 Å². The largest absolute Gasteiger partial charge is 0.508 e. The van der Waals surface area contributed by atoms with E-state index in [0.29, 0.717) is 38.2 Å². The van der Waals surface area contributed by atoms with Crippen molar-refractivity contribution in [2.24, 2.45) is 0 Å². The van der Waals surface area contributed by atoms with E-state index in [2.05, 4.69) is 16.7 Å². The van der Waals surface area contributed by atoms with Gasteiger partial charge in [-0.3, -0.25) is 0 Å². The van der Waals surface area contributed by atoms with Crippen molar-refractivity contribution in [3.63, 3.8) is 0 Å². The molecule has 264 valence electrons. The summed E-state index contributed by atoms with van der Waals surface area (Å²) < 4.78 is 13.1. The minimum atomic E-state index is -0.766. The molecule has 0 aromatic heterocycles. The number of benzene rings is 5. The molecule has 2 amide bonds. The Hall–Kier alpha value is -5.03. The molecular formula is C42H45N3O6. The number of hydrogen-bond acceptors (Lipinski definition) is 7. The second kappa shape index (κ2) is 17.3. The Labute approximate surface area is 299 Å². The molecule has 0 bridgehead atoms. The number of phenols is 1. The third-order valence-electron chi connectivity index (χ3n) is 9.06. The smallest absolute Gasteiger partial charge is 0.315 e. The van der Waals surface area contributed by atoms with Gasteiger partial charge in [0.1, 0.15) is 5.75 Å². The molecule has 0 aliphatic carbocycles. The molecule has 9 heteroatoms. The van der Waals surface area contributed by atoms with Gasteiger partial charge < -0.3 is 40.3 Å². The van der Waals surface area contributed by atoms with Gasteiger partial charge >= 0.3 is 6.03 Å². The lowest BCUT2D eigenvalue weighted by Crippen LogP contribution is -2.39. The molecule has 1 heterocycles. The molecule has 0 radical (unpaired) electrons. The number of carbonyl (C=O) groups excluding carboxylic acids is 1. The molecule has 0 unspecified atom stereocenters. The molecule has 5 aromatic rings. The topological polar surface area (TPSA) is 124 Å². The molecule has 1 aliphatic heterocycles. The van der Waals surface area contributed by atoms with Crippen molar-refractivity contribution in [2.45, 2.75) is 50.7 Å². The van der Waals surface area contributed by atoms with Crippen LogP contribution in [-0.2, 0) is 29.2 Å². The fraction of sp³-hybridized carbons (Fsp3) is 0.262. The fourth-order valence-corrected chi connectivity index (χ4v) is 6.30. The SMILES string of the molecule is CN(C[C@@H]1C[C@H](c2ccc(CO)cc2)O[C@H](c2ccc(-c3cccc(CNC(=O)NCc4ccccc4)c3)cc2)O1)C[C@@H](O)c1cccc(O)c1. The van der Waals surface area contributed by atoms with Gasteiger partial charge in [-0.15, -0.1) is 0 Å². The van der Waals surface area contributed by atoms with Gasteiger partial charge in [0.15, 0.2) is 6.29 Å². The normalized spacial score (nSPS) is 17.9. The highest BCUT2D eigenvalue weighted by Crippen LogP contribution is 2.39. The van der Waals surface area contributed by atoms with Crippen LogP contribution in [0.5, 0.6) is 5.75 Å². The number of aliphatic hydroxyl groups is 2. The van der Waals surface area contributed by atoms with E-state index in [1.165, 1.54) is 0 Å². The Morgan fingerprint density at radius 2 is 1.45 bits per heavy atom. The molecule has 1 fully saturated rings. The van der Waals surface area contributed by atoms with Gasteiger partial charge in [0.25, 0.3) is 0 Å². The van der Waals surface area contributed by atoms with Gasteiger partial charge in [-0.2, -0.15) is 0 Å². The highest BCUT2D eigenvalue weighted by molar-refractivity contribution is 5.74. The first-order chi connectivity index (χ1) is 24.8. The Bertz CT molecular complexity index is 1850.